The fraction of sp³-hybridized carbons (Fsp3) is 0.455. The van der Waals surface area contributed by atoms with Crippen molar-refractivity contribution in [1.82, 2.24) is 4.31 Å². The predicted molar refractivity (Wildman–Crippen MR) is 68.8 cm³/mol. The largest absolute Gasteiger partial charge is 0.497 e. The Labute approximate surface area is 105 Å². The summed E-state index contributed by atoms with van der Waals surface area (Å²) in [6.07, 6.45) is 0. The van der Waals surface area contributed by atoms with Crippen molar-refractivity contribution < 1.29 is 9.84 Å². The highest BCUT2D eigenvalue weighted by molar-refractivity contribution is 7.98. The molecule has 0 fully saturated rings. The topological polar surface area (TPSA) is 32.7 Å². The first-order valence-electron chi connectivity index (χ1n) is 4.97. The highest BCUT2D eigenvalue weighted by Gasteiger charge is 2.05. The van der Waals surface area contributed by atoms with Gasteiger partial charge in [-0.2, -0.15) is 0 Å². The minimum Gasteiger partial charge on any atom is -0.497 e. The average Bonchev–Trinajstić information content (AvgIpc) is 2.31. The number of halogens is 1. The van der Waals surface area contributed by atoms with E-state index in [2.05, 4.69) is 0 Å². The highest BCUT2D eigenvalue weighted by atomic mass is 35.5. The van der Waals surface area contributed by atoms with Crippen LogP contribution in [0.1, 0.15) is 5.56 Å². The van der Waals surface area contributed by atoms with E-state index in [0.717, 1.165) is 12.3 Å². The van der Waals surface area contributed by atoms with Crippen molar-refractivity contribution in [2.75, 3.05) is 25.5 Å². The maximum Gasteiger partial charge on any atom is 0.118 e. The second-order valence-electron chi connectivity index (χ2n) is 3.17. The lowest BCUT2D eigenvalue weighted by Gasteiger charge is -2.18. The van der Waals surface area contributed by atoms with Gasteiger partial charge in [0, 0.05) is 13.1 Å². The van der Waals surface area contributed by atoms with E-state index in [1.807, 2.05) is 28.6 Å². The van der Waals surface area contributed by atoms with Gasteiger partial charge >= 0.3 is 0 Å². The van der Waals surface area contributed by atoms with Gasteiger partial charge in [0.1, 0.15) is 5.75 Å². The van der Waals surface area contributed by atoms with Crippen LogP contribution in [0.4, 0.5) is 0 Å². The van der Waals surface area contributed by atoms with Gasteiger partial charge in [-0.05, 0) is 17.7 Å². The zero-order chi connectivity index (χ0) is 11.8. The Kier molecular flexibility index (Phi) is 6.64. The van der Waals surface area contributed by atoms with Crippen molar-refractivity contribution in [3.05, 3.63) is 29.8 Å². The standard InChI is InChI=1S/C11H16ClNO2S/c1-15-11-4-2-10(3-5-11)8-13(6-7-14)16-9-12/h2-5,14H,6-9H2,1H3. The first-order chi connectivity index (χ1) is 7.80. The van der Waals surface area contributed by atoms with Crippen molar-refractivity contribution in [3.63, 3.8) is 0 Å². The summed E-state index contributed by atoms with van der Waals surface area (Å²) in [5.41, 5.74) is 1.17. The van der Waals surface area contributed by atoms with Crippen molar-refractivity contribution in [2.45, 2.75) is 6.54 Å². The summed E-state index contributed by atoms with van der Waals surface area (Å²) >= 11 is 7.18. The molecule has 0 aliphatic heterocycles. The van der Waals surface area contributed by atoms with Crippen LogP contribution >= 0.6 is 23.5 Å². The number of hydrogen-bond donors (Lipinski definition) is 1. The van der Waals surface area contributed by atoms with Crippen LogP contribution in [0, 0.1) is 0 Å². The van der Waals surface area contributed by atoms with Crippen LogP contribution in [-0.4, -0.2) is 34.9 Å². The minimum atomic E-state index is 0.139. The second kappa shape index (κ2) is 7.79. The lowest BCUT2D eigenvalue weighted by atomic mass is 10.2. The summed E-state index contributed by atoms with van der Waals surface area (Å²) in [7, 11) is 1.65. The first-order valence-corrected chi connectivity index (χ1v) is 6.45. The molecule has 1 rings (SSSR count). The Hall–Kier alpha value is -0.420. The Bertz CT molecular complexity index is 289. The van der Waals surface area contributed by atoms with E-state index in [0.29, 0.717) is 11.8 Å². The van der Waals surface area contributed by atoms with Crippen LogP contribution in [-0.2, 0) is 6.54 Å². The van der Waals surface area contributed by atoms with Crippen molar-refractivity contribution in [2.24, 2.45) is 0 Å². The fourth-order valence-corrected chi connectivity index (χ4v) is 2.31. The second-order valence-corrected chi connectivity index (χ2v) is 4.82. The number of hydrogen-bond acceptors (Lipinski definition) is 4. The first kappa shape index (κ1) is 13.6. The van der Waals surface area contributed by atoms with Gasteiger partial charge in [0.2, 0.25) is 0 Å². The molecule has 0 amide bonds. The number of alkyl halides is 1. The molecule has 0 unspecified atom stereocenters. The van der Waals surface area contributed by atoms with Crippen LogP contribution in [0.5, 0.6) is 5.75 Å². The zero-order valence-corrected chi connectivity index (χ0v) is 10.8. The molecule has 5 heteroatoms. The number of methoxy groups -OCH3 is 1. The van der Waals surface area contributed by atoms with Gasteiger partial charge in [0.15, 0.2) is 0 Å². The summed E-state index contributed by atoms with van der Waals surface area (Å²) in [4.78, 5) is 0. The lowest BCUT2D eigenvalue weighted by Crippen LogP contribution is -2.19. The fourth-order valence-electron chi connectivity index (χ4n) is 1.30. The quantitative estimate of drug-likeness (QED) is 0.603. The maximum absolute atomic E-state index is 8.91. The van der Waals surface area contributed by atoms with E-state index in [4.69, 9.17) is 21.4 Å². The normalized spacial score (nSPS) is 10.8. The van der Waals surface area contributed by atoms with E-state index in [1.165, 1.54) is 17.5 Å². The number of nitrogens with zero attached hydrogens (tertiary/aromatic N) is 1. The predicted octanol–water partition coefficient (Wildman–Crippen LogP) is 2.33. The van der Waals surface area contributed by atoms with Gasteiger partial charge in [-0.25, -0.2) is 4.31 Å². The summed E-state index contributed by atoms with van der Waals surface area (Å²) < 4.78 is 7.13. The zero-order valence-electron chi connectivity index (χ0n) is 9.23. The molecule has 16 heavy (non-hydrogen) atoms. The highest BCUT2D eigenvalue weighted by Crippen LogP contribution is 2.17. The molecule has 0 radical (unpaired) electrons. The van der Waals surface area contributed by atoms with E-state index in [1.54, 1.807) is 7.11 Å². The molecule has 0 bridgehead atoms. The van der Waals surface area contributed by atoms with Gasteiger partial charge < -0.3 is 9.84 Å². The van der Waals surface area contributed by atoms with E-state index < -0.39 is 0 Å². The van der Waals surface area contributed by atoms with Gasteiger partial charge in [-0.1, -0.05) is 24.1 Å². The molecule has 0 spiro atoms. The van der Waals surface area contributed by atoms with Crippen LogP contribution in [0.15, 0.2) is 24.3 Å². The molecule has 1 N–H and O–H groups in total. The number of ether oxygens (including phenoxy) is 1. The molecular formula is C11H16ClNO2S. The van der Waals surface area contributed by atoms with E-state index >= 15 is 0 Å². The monoisotopic (exact) mass is 261 g/mol. The molecule has 0 atom stereocenters. The number of aliphatic hydroxyl groups is 1. The van der Waals surface area contributed by atoms with Crippen LogP contribution in [0.25, 0.3) is 0 Å². The molecular weight excluding hydrogens is 246 g/mol. The van der Waals surface area contributed by atoms with E-state index in [9.17, 15) is 0 Å². The molecule has 0 aliphatic rings. The number of aliphatic hydroxyl groups excluding tert-OH is 1. The number of benzene rings is 1. The average molecular weight is 262 g/mol. The number of rotatable bonds is 7. The van der Waals surface area contributed by atoms with Crippen molar-refractivity contribution in [3.8, 4) is 5.75 Å². The van der Waals surface area contributed by atoms with Crippen molar-refractivity contribution in [1.29, 1.82) is 0 Å². The Morgan fingerprint density at radius 1 is 1.38 bits per heavy atom. The molecule has 0 aliphatic carbocycles. The molecule has 1 aromatic rings. The van der Waals surface area contributed by atoms with E-state index in [-0.39, 0.29) is 6.61 Å². The van der Waals surface area contributed by atoms with Gasteiger partial charge in [0.25, 0.3) is 0 Å². The van der Waals surface area contributed by atoms with Crippen molar-refractivity contribution >= 4 is 23.5 Å². The summed E-state index contributed by atoms with van der Waals surface area (Å²) in [5, 5.41) is 9.40. The molecule has 0 heterocycles. The van der Waals surface area contributed by atoms with Crippen LogP contribution in [0.2, 0.25) is 0 Å². The lowest BCUT2D eigenvalue weighted by molar-refractivity contribution is 0.260. The molecule has 0 saturated heterocycles. The summed E-state index contributed by atoms with van der Waals surface area (Å²) in [6.45, 7) is 1.52. The Morgan fingerprint density at radius 3 is 2.56 bits per heavy atom. The molecule has 0 aromatic heterocycles. The van der Waals surface area contributed by atoms with Gasteiger partial charge in [0.05, 0.1) is 18.9 Å². The third-order valence-corrected chi connectivity index (χ3v) is 3.17. The third kappa shape index (κ3) is 4.61. The Balaban J connectivity index is 2.54. The van der Waals surface area contributed by atoms with Gasteiger partial charge in [-0.3, -0.25) is 0 Å². The summed E-state index contributed by atoms with van der Waals surface area (Å²) in [5.74, 6) is 0.849. The van der Waals surface area contributed by atoms with Gasteiger partial charge in [-0.15, -0.1) is 11.6 Å². The third-order valence-electron chi connectivity index (χ3n) is 2.10. The molecule has 1 aromatic carbocycles. The van der Waals surface area contributed by atoms with Crippen LogP contribution < -0.4 is 4.74 Å². The molecule has 3 nitrogen and oxygen atoms in total. The molecule has 0 saturated carbocycles. The SMILES string of the molecule is COc1ccc(CN(CCO)SCCl)cc1. The molecule has 90 valence electrons. The Morgan fingerprint density at radius 2 is 2.06 bits per heavy atom. The smallest absolute Gasteiger partial charge is 0.118 e. The maximum atomic E-state index is 8.91. The summed E-state index contributed by atoms with van der Waals surface area (Å²) in [6, 6.07) is 7.88. The van der Waals surface area contributed by atoms with Crippen LogP contribution in [0.3, 0.4) is 0 Å². The minimum absolute atomic E-state index is 0.139.